The Morgan fingerprint density at radius 1 is 1.38 bits per heavy atom. The second kappa shape index (κ2) is 5.98. The first-order valence-corrected chi connectivity index (χ1v) is 7.37. The van der Waals surface area contributed by atoms with Crippen molar-refractivity contribution in [2.75, 3.05) is 32.8 Å². The van der Waals surface area contributed by atoms with Crippen molar-refractivity contribution in [2.24, 2.45) is 0 Å². The number of benzene rings is 1. The minimum absolute atomic E-state index is 0.308. The van der Waals surface area contributed by atoms with Crippen LogP contribution in [0.3, 0.4) is 0 Å². The summed E-state index contributed by atoms with van der Waals surface area (Å²) in [5.74, 6) is 3.26. The van der Waals surface area contributed by atoms with Crippen LogP contribution in [-0.4, -0.2) is 49.7 Å². The van der Waals surface area contributed by atoms with E-state index in [1.807, 2.05) is 23.8 Å². The normalized spacial score (nSPS) is 20.9. The van der Waals surface area contributed by atoms with Crippen LogP contribution in [0.15, 0.2) is 17.8 Å². The zero-order chi connectivity index (χ0) is 14.8. The van der Waals surface area contributed by atoms with Crippen molar-refractivity contribution in [1.82, 2.24) is 10.2 Å². The molecule has 0 saturated carbocycles. The van der Waals surface area contributed by atoms with Crippen LogP contribution in [0, 0.1) is 6.92 Å². The van der Waals surface area contributed by atoms with Gasteiger partial charge in [-0.1, -0.05) is 11.6 Å². The quantitative estimate of drug-likeness (QED) is 0.837. The summed E-state index contributed by atoms with van der Waals surface area (Å²) in [4.78, 5) is 13.3. The number of ether oxygens (including phenoxy) is 2. The summed E-state index contributed by atoms with van der Waals surface area (Å²) in [5, 5.41) is 3.87. The summed E-state index contributed by atoms with van der Waals surface area (Å²) in [7, 11) is 0. The number of aryl methyl sites for hydroxylation is 1. The van der Waals surface area contributed by atoms with E-state index in [4.69, 9.17) is 21.1 Å². The summed E-state index contributed by atoms with van der Waals surface area (Å²) in [5.41, 5.74) is 1.45. The molecule has 3 rings (SSSR count). The number of halogens is 1. The topological polar surface area (TPSA) is 50.8 Å². The maximum absolute atomic E-state index is 11.4. The largest absolute Gasteiger partial charge is 0.485 e. The lowest BCUT2D eigenvalue weighted by Gasteiger charge is -2.35. The van der Waals surface area contributed by atoms with E-state index in [1.54, 1.807) is 6.07 Å². The third-order valence-corrected chi connectivity index (χ3v) is 4.16. The molecule has 2 heterocycles. The van der Waals surface area contributed by atoms with Crippen LogP contribution < -0.4 is 14.8 Å². The van der Waals surface area contributed by atoms with Crippen molar-refractivity contribution in [1.29, 1.82) is 0 Å². The van der Waals surface area contributed by atoms with Crippen LogP contribution in [0.2, 0.25) is 5.02 Å². The average molecular weight is 309 g/mol. The van der Waals surface area contributed by atoms with Gasteiger partial charge in [-0.3, -0.25) is 0 Å². The van der Waals surface area contributed by atoms with Crippen LogP contribution in [0.1, 0.15) is 5.56 Å². The molecule has 2 aliphatic heterocycles. The molecule has 1 atom stereocenters. The number of hydrogen-bond acceptors (Lipinski definition) is 5. The van der Waals surface area contributed by atoms with Crippen LogP contribution in [0.5, 0.6) is 11.5 Å². The van der Waals surface area contributed by atoms with E-state index in [-0.39, 0.29) is 0 Å². The van der Waals surface area contributed by atoms with Crippen LogP contribution in [0.4, 0.5) is 0 Å². The van der Waals surface area contributed by atoms with E-state index in [0.717, 1.165) is 31.7 Å². The molecule has 1 aromatic carbocycles. The Morgan fingerprint density at radius 2 is 2.14 bits per heavy atom. The molecule has 5 nitrogen and oxygen atoms in total. The Kier molecular flexibility index (Phi) is 4.06. The van der Waals surface area contributed by atoms with E-state index in [9.17, 15) is 4.79 Å². The van der Waals surface area contributed by atoms with Gasteiger partial charge >= 0.3 is 0 Å². The van der Waals surface area contributed by atoms with Crippen molar-refractivity contribution in [3.05, 3.63) is 28.4 Å². The highest BCUT2D eigenvalue weighted by Gasteiger charge is 2.30. The van der Waals surface area contributed by atoms with Gasteiger partial charge in [0.2, 0.25) is 0 Å². The fourth-order valence-electron chi connectivity index (χ4n) is 2.57. The van der Waals surface area contributed by atoms with E-state index >= 15 is 0 Å². The molecule has 2 aliphatic rings. The standard InChI is InChI=1S/C15H17ClN2O3/c1-10-6-13-14(7-11(10)16)21-15(9-20-13)12(8-19)18-4-2-17-3-5-18/h6-7,15,17H,2-5,9H2,1H3. The maximum atomic E-state index is 11.4. The zero-order valence-electron chi connectivity index (χ0n) is 11.8. The SMILES string of the molecule is Cc1cc2c(cc1Cl)OC(C(=C=O)N1CCNCC1)CO2. The van der Waals surface area contributed by atoms with Crippen molar-refractivity contribution >= 4 is 17.5 Å². The third-order valence-electron chi connectivity index (χ3n) is 3.75. The Hall–Kier alpha value is -1.68. The van der Waals surface area contributed by atoms with Crippen LogP contribution in [0.25, 0.3) is 0 Å². The second-order valence-corrected chi connectivity index (χ2v) is 5.60. The molecule has 0 radical (unpaired) electrons. The lowest BCUT2D eigenvalue weighted by Crippen LogP contribution is -2.47. The average Bonchev–Trinajstić information content (AvgIpc) is 2.50. The van der Waals surface area contributed by atoms with E-state index in [2.05, 4.69) is 5.32 Å². The van der Waals surface area contributed by atoms with Crippen molar-refractivity contribution in [2.45, 2.75) is 13.0 Å². The smallest absolute Gasteiger partial charge is 0.183 e. The molecule has 0 bridgehead atoms. The predicted molar refractivity (Wildman–Crippen MR) is 79.7 cm³/mol. The summed E-state index contributed by atoms with van der Waals surface area (Å²) >= 11 is 6.12. The van der Waals surface area contributed by atoms with E-state index < -0.39 is 6.10 Å². The second-order valence-electron chi connectivity index (χ2n) is 5.19. The molecule has 1 aromatic rings. The lowest BCUT2D eigenvalue weighted by atomic mass is 10.1. The van der Waals surface area contributed by atoms with E-state index in [1.165, 1.54) is 0 Å². The Bertz CT molecular complexity index is 593. The molecular formula is C15H17ClN2O3. The highest BCUT2D eigenvalue weighted by atomic mass is 35.5. The third kappa shape index (κ3) is 2.86. The number of nitrogens with one attached hydrogen (secondary N) is 1. The number of fused-ring (bicyclic) bond motifs is 1. The fourth-order valence-corrected chi connectivity index (χ4v) is 2.72. The molecule has 0 spiro atoms. The van der Waals surface area contributed by atoms with Gasteiger partial charge in [-0.15, -0.1) is 0 Å². The Labute approximate surface area is 128 Å². The molecule has 1 fully saturated rings. The summed E-state index contributed by atoms with van der Waals surface area (Å²) < 4.78 is 11.6. The van der Waals surface area contributed by atoms with Crippen molar-refractivity contribution in [3.8, 4) is 11.5 Å². The van der Waals surface area contributed by atoms with Gasteiger partial charge in [-0.2, -0.15) is 0 Å². The molecule has 0 amide bonds. The first-order chi connectivity index (χ1) is 10.2. The molecule has 112 valence electrons. The lowest BCUT2D eigenvalue weighted by molar-refractivity contribution is 0.0899. The van der Waals surface area contributed by atoms with Gasteiger partial charge in [0.15, 0.2) is 17.6 Å². The highest BCUT2D eigenvalue weighted by molar-refractivity contribution is 6.31. The minimum Gasteiger partial charge on any atom is -0.485 e. The summed E-state index contributed by atoms with van der Waals surface area (Å²) in [6.07, 6.45) is -0.438. The zero-order valence-corrected chi connectivity index (χ0v) is 12.6. The summed E-state index contributed by atoms with van der Waals surface area (Å²) in [6, 6.07) is 3.58. The minimum atomic E-state index is -0.438. The van der Waals surface area contributed by atoms with Gasteiger partial charge in [-0.05, 0) is 18.6 Å². The number of carbonyl (C=O) groups excluding carboxylic acids is 1. The fraction of sp³-hybridized carbons (Fsp3) is 0.467. The van der Waals surface area contributed by atoms with Gasteiger partial charge in [-0.25, -0.2) is 4.79 Å². The molecule has 0 aromatic heterocycles. The molecule has 1 N–H and O–H groups in total. The van der Waals surface area contributed by atoms with Gasteiger partial charge in [0.25, 0.3) is 0 Å². The van der Waals surface area contributed by atoms with Crippen molar-refractivity contribution in [3.63, 3.8) is 0 Å². The highest BCUT2D eigenvalue weighted by Crippen LogP contribution is 2.37. The Balaban J connectivity index is 1.81. The van der Waals surface area contributed by atoms with Crippen LogP contribution >= 0.6 is 11.6 Å². The summed E-state index contributed by atoms with van der Waals surface area (Å²) in [6.45, 7) is 5.46. The first kappa shape index (κ1) is 14.3. The van der Waals surface area contributed by atoms with Gasteiger partial charge < -0.3 is 19.7 Å². The maximum Gasteiger partial charge on any atom is 0.183 e. The van der Waals surface area contributed by atoms with Gasteiger partial charge in [0.05, 0.1) is 0 Å². The van der Waals surface area contributed by atoms with Crippen molar-refractivity contribution < 1.29 is 14.3 Å². The predicted octanol–water partition coefficient (Wildman–Crippen LogP) is 1.41. The number of rotatable bonds is 2. The van der Waals surface area contributed by atoms with Gasteiger partial charge in [0.1, 0.15) is 18.2 Å². The molecule has 6 heteroatoms. The van der Waals surface area contributed by atoms with E-state index in [0.29, 0.717) is 28.8 Å². The number of hydrogen-bond donors (Lipinski definition) is 1. The monoisotopic (exact) mass is 308 g/mol. The van der Waals surface area contributed by atoms with Crippen LogP contribution in [-0.2, 0) is 4.79 Å². The molecule has 0 aliphatic carbocycles. The molecule has 1 saturated heterocycles. The molecular weight excluding hydrogens is 292 g/mol. The first-order valence-electron chi connectivity index (χ1n) is 6.99. The molecule has 1 unspecified atom stereocenters. The van der Waals surface area contributed by atoms with Gasteiger partial charge in [0, 0.05) is 37.3 Å². The number of nitrogens with zero attached hydrogens (tertiary/aromatic N) is 1. The molecule has 21 heavy (non-hydrogen) atoms. The Morgan fingerprint density at radius 3 is 2.86 bits per heavy atom. The number of piperazine rings is 1.